The second kappa shape index (κ2) is 7.80. The van der Waals surface area contributed by atoms with E-state index in [1.807, 2.05) is 6.92 Å². The summed E-state index contributed by atoms with van der Waals surface area (Å²) in [5.41, 5.74) is 3.78. The predicted molar refractivity (Wildman–Crippen MR) is 122 cm³/mol. The van der Waals surface area contributed by atoms with Gasteiger partial charge in [-0.3, -0.25) is 0 Å². The first-order valence-electron chi connectivity index (χ1n) is 10.1. The van der Waals surface area contributed by atoms with Crippen LogP contribution in [-0.2, 0) is 10.0 Å². The average molecular weight is 426 g/mol. The molecule has 7 heteroatoms. The molecule has 0 spiro atoms. The van der Waals surface area contributed by atoms with Gasteiger partial charge < -0.3 is 14.5 Å². The second-order valence-corrected chi connectivity index (χ2v) is 9.44. The van der Waals surface area contributed by atoms with E-state index in [0.717, 1.165) is 19.6 Å². The number of hydrogen-bond donors (Lipinski definition) is 0. The van der Waals surface area contributed by atoms with E-state index in [-0.39, 0.29) is 10.9 Å². The molecule has 0 N–H and O–H groups in total. The molecule has 1 fully saturated rings. The third-order valence-electron chi connectivity index (χ3n) is 5.75. The number of piperazine rings is 1. The zero-order valence-electron chi connectivity index (χ0n) is 17.8. The maximum Gasteiger partial charge on any atom is 0.285 e. The van der Waals surface area contributed by atoms with Crippen LogP contribution in [0.25, 0.3) is 4.91 Å². The molecule has 0 aliphatic carbocycles. The lowest BCUT2D eigenvalue weighted by atomic mass is 10.1. The van der Waals surface area contributed by atoms with Crippen LogP contribution in [0.3, 0.4) is 0 Å². The number of sulfonamides is 1. The third kappa shape index (κ3) is 3.69. The van der Waals surface area contributed by atoms with Gasteiger partial charge in [-0.1, -0.05) is 12.1 Å². The standard InChI is InChI=1S/C23H27N3O3S/c1-16-6-5-7-20(14-16)26-13-12-25(15-17(26)2)23-18(3)22(30(27,28)24-23)19-8-10-21(29-4)11-9-19/h5-11,14,17H,12-13,15H2,1-4H3. The van der Waals surface area contributed by atoms with Crippen molar-refractivity contribution in [3.63, 3.8) is 0 Å². The van der Waals surface area contributed by atoms with Gasteiger partial charge in [0.2, 0.25) is 0 Å². The van der Waals surface area contributed by atoms with Crippen LogP contribution in [0.4, 0.5) is 5.69 Å². The van der Waals surface area contributed by atoms with E-state index in [1.165, 1.54) is 11.3 Å². The molecule has 1 saturated heterocycles. The van der Waals surface area contributed by atoms with Crippen LogP contribution < -0.4 is 9.64 Å². The molecule has 0 aromatic heterocycles. The molecule has 0 amide bonds. The zero-order chi connectivity index (χ0) is 21.5. The van der Waals surface area contributed by atoms with Crippen molar-refractivity contribution in [1.29, 1.82) is 0 Å². The first-order valence-corrected chi connectivity index (χ1v) is 11.5. The van der Waals surface area contributed by atoms with Crippen LogP contribution in [0, 0.1) is 6.92 Å². The van der Waals surface area contributed by atoms with E-state index in [9.17, 15) is 8.42 Å². The molecule has 2 aliphatic rings. The molecule has 158 valence electrons. The fraction of sp³-hybridized carbons (Fsp3) is 0.348. The number of rotatable bonds is 3. The lowest BCUT2D eigenvalue weighted by molar-refractivity contribution is 0.339. The Morgan fingerprint density at radius 3 is 2.43 bits per heavy atom. The Hall–Kier alpha value is -2.80. The van der Waals surface area contributed by atoms with Crippen molar-refractivity contribution in [2.24, 2.45) is 4.40 Å². The van der Waals surface area contributed by atoms with E-state index in [4.69, 9.17) is 4.74 Å². The molecule has 1 unspecified atom stereocenters. The quantitative estimate of drug-likeness (QED) is 0.751. The minimum absolute atomic E-state index is 0.240. The Morgan fingerprint density at radius 1 is 1.07 bits per heavy atom. The van der Waals surface area contributed by atoms with Gasteiger partial charge in [0.1, 0.15) is 16.5 Å². The summed E-state index contributed by atoms with van der Waals surface area (Å²) >= 11 is 0. The summed E-state index contributed by atoms with van der Waals surface area (Å²) in [6, 6.07) is 15.8. The number of amidine groups is 1. The molecule has 2 aromatic rings. The molecule has 2 aliphatic heterocycles. The Kier molecular flexibility index (Phi) is 5.32. The van der Waals surface area contributed by atoms with E-state index < -0.39 is 10.0 Å². The number of aryl methyl sites for hydroxylation is 1. The van der Waals surface area contributed by atoms with E-state index in [1.54, 1.807) is 31.4 Å². The summed E-state index contributed by atoms with van der Waals surface area (Å²) in [6.45, 7) is 8.37. The molecule has 4 rings (SSSR count). The molecule has 1 atom stereocenters. The van der Waals surface area contributed by atoms with Crippen LogP contribution in [0.2, 0.25) is 0 Å². The van der Waals surface area contributed by atoms with Crippen molar-refractivity contribution in [2.45, 2.75) is 26.8 Å². The minimum Gasteiger partial charge on any atom is -0.497 e. The van der Waals surface area contributed by atoms with Gasteiger partial charge in [-0.2, -0.15) is 8.42 Å². The van der Waals surface area contributed by atoms with Gasteiger partial charge in [0.05, 0.1) is 7.11 Å². The summed E-state index contributed by atoms with van der Waals surface area (Å²) in [4.78, 5) is 4.76. The maximum absolute atomic E-state index is 12.9. The fourth-order valence-corrected chi connectivity index (χ4v) is 5.75. The minimum atomic E-state index is -3.72. The van der Waals surface area contributed by atoms with E-state index in [2.05, 4.69) is 52.3 Å². The molecule has 0 radical (unpaired) electrons. The van der Waals surface area contributed by atoms with Gasteiger partial charge in [0.15, 0.2) is 0 Å². The Balaban J connectivity index is 1.59. The SMILES string of the molecule is COc1ccc(C2=C(C)C(N3CCN(c4cccc(C)c4)C(C)C3)=NS2(=O)=O)cc1. The number of nitrogens with zero attached hydrogens (tertiary/aromatic N) is 3. The van der Waals surface area contributed by atoms with Gasteiger partial charge in [-0.15, -0.1) is 4.40 Å². The van der Waals surface area contributed by atoms with Crippen molar-refractivity contribution >= 4 is 26.5 Å². The van der Waals surface area contributed by atoms with Crippen molar-refractivity contribution in [1.82, 2.24) is 4.90 Å². The highest BCUT2D eigenvalue weighted by molar-refractivity contribution is 8.00. The van der Waals surface area contributed by atoms with Crippen LogP contribution in [0.1, 0.15) is 25.0 Å². The molecular weight excluding hydrogens is 398 g/mol. The summed E-state index contributed by atoms with van der Waals surface area (Å²) < 4.78 is 35.1. The number of ether oxygens (including phenoxy) is 1. The van der Waals surface area contributed by atoms with Gasteiger partial charge in [0.25, 0.3) is 10.0 Å². The first-order chi connectivity index (χ1) is 14.3. The number of anilines is 1. The fourth-order valence-electron chi connectivity index (χ4n) is 4.27. The van der Waals surface area contributed by atoms with Gasteiger partial charge >= 0.3 is 0 Å². The number of benzene rings is 2. The highest BCUT2D eigenvalue weighted by atomic mass is 32.2. The van der Waals surface area contributed by atoms with Gasteiger partial charge in [0, 0.05) is 36.9 Å². The summed E-state index contributed by atoms with van der Waals surface area (Å²) in [6.07, 6.45) is 0. The molecular formula is C23H27N3O3S. The molecule has 0 bridgehead atoms. The lowest BCUT2D eigenvalue weighted by Crippen LogP contribution is -2.53. The summed E-state index contributed by atoms with van der Waals surface area (Å²) in [5.74, 6) is 1.26. The maximum atomic E-state index is 12.9. The van der Waals surface area contributed by atoms with Crippen LogP contribution in [-0.4, -0.2) is 51.9 Å². The molecule has 30 heavy (non-hydrogen) atoms. The normalized spacial score (nSPS) is 21.1. The second-order valence-electron chi connectivity index (χ2n) is 7.90. The third-order valence-corrected chi connectivity index (χ3v) is 7.22. The Morgan fingerprint density at radius 2 is 1.80 bits per heavy atom. The van der Waals surface area contributed by atoms with Crippen molar-refractivity contribution in [3.8, 4) is 5.75 Å². The first kappa shape index (κ1) is 20.5. The summed E-state index contributed by atoms with van der Waals surface area (Å²) in [5, 5.41) is 0. The zero-order valence-corrected chi connectivity index (χ0v) is 18.6. The van der Waals surface area contributed by atoms with Gasteiger partial charge in [-0.25, -0.2) is 0 Å². The molecule has 6 nitrogen and oxygen atoms in total. The molecule has 0 saturated carbocycles. The van der Waals surface area contributed by atoms with Crippen molar-refractivity contribution in [3.05, 3.63) is 65.2 Å². The van der Waals surface area contributed by atoms with Crippen molar-refractivity contribution < 1.29 is 13.2 Å². The van der Waals surface area contributed by atoms with Crippen LogP contribution in [0.15, 0.2) is 58.5 Å². The van der Waals surface area contributed by atoms with Gasteiger partial charge in [-0.05, 0) is 68.3 Å². The largest absolute Gasteiger partial charge is 0.497 e. The lowest BCUT2D eigenvalue weighted by Gasteiger charge is -2.42. The number of hydrogen-bond acceptors (Lipinski definition) is 5. The monoisotopic (exact) mass is 425 g/mol. The van der Waals surface area contributed by atoms with Crippen LogP contribution >= 0.6 is 0 Å². The Bertz CT molecular complexity index is 1120. The highest BCUT2D eigenvalue weighted by Crippen LogP contribution is 2.35. The van der Waals surface area contributed by atoms with Crippen LogP contribution in [0.5, 0.6) is 5.75 Å². The molecule has 2 heterocycles. The number of methoxy groups -OCH3 is 1. The predicted octanol–water partition coefficient (Wildman–Crippen LogP) is 3.69. The average Bonchev–Trinajstić information content (AvgIpc) is 2.96. The van der Waals surface area contributed by atoms with Crippen molar-refractivity contribution in [2.75, 3.05) is 31.6 Å². The highest BCUT2D eigenvalue weighted by Gasteiger charge is 2.36. The van der Waals surface area contributed by atoms with E-state index in [0.29, 0.717) is 22.7 Å². The topological polar surface area (TPSA) is 62.2 Å². The summed E-state index contributed by atoms with van der Waals surface area (Å²) in [7, 11) is -2.14. The smallest absolute Gasteiger partial charge is 0.285 e. The Labute approximate surface area is 178 Å². The molecule has 2 aromatic carbocycles. The van der Waals surface area contributed by atoms with E-state index >= 15 is 0 Å².